The average molecular weight is 231 g/mol. The van der Waals surface area contributed by atoms with Gasteiger partial charge in [-0.3, -0.25) is 4.79 Å². The van der Waals surface area contributed by atoms with Gasteiger partial charge in [-0.05, 0) is 19.1 Å². The molecule has 1 amide bonds. The van der Waals surface area contributed by atoms with Crippen molar-refractivity contribution in [2.75, 3.05) is 5.32 Å². The van der Waals surface area contributed by atoms with Crippen LogP contribution < -0.4 is 5.32 Å². The zero-order chi connectivity index (χ0) is 12.3. The molecule has 0 aliphatic rings. The lowest BCUT2D eigenvalue weighted by molar-refractivity contribution is -0.123. The Bertz CT molecular complexity index is 505. The standard InChI is InChI=1S/C12H13N3O2/c1-9(16)12(17)14-10-7-13-15(8-10)11-5-3-2-4-6-11/h2-9,16H,1H3,(H,14,17). The molecule has 88 valence electrons. The van der Waals surface area contributed by atoms with E-state index < -0.39 is 12.0 Å². The lowest BCUT2D eigenvalue weighted by Gasteiger charge is -2.03. The number of nitrogens with one attached hydrogen (secondary N) is 1. The zero-order valence-corrected chi connectivity index (χ0v) is 9.37. The number of aliphatic hydroxyl groups excluding tert-OH is 1. The van der Waals surface area contributed by atoms with E-state index in [4.69, 9.17) is 5.11 Å². The van der Waals surface area contributed by atoms with Crippen LogP contribution in [0.15, 0.2) is 42.7 Å². The van der Waals surface area contributed by atoms with Gasteiger partial charge in [0.05, 0.1) is 23.8 Å². The molecule has 5 nitrogen and oxygen atoms in total. The van der Waals surface area contributed by atoms with Gasteiger partial charge in [-0.15, -0.1) is 0 Å². The highest BCUT2D eigenvalue weighted by Crippen LogP contribution is 2.11. The van der Waals surface area contributed by atoms with E-state index in [0.717, 1.165) is 5.69 Å². The van der Waals surface area contributed by atoms with Gasteiger partial charge in [0.25, 0.3) is 5.91 Å². The van der Waals surface area contributed by atoms with Crippen LogP contribution in [0.2, 0.25) is 0 Å². The number of anilines is 1. The SMILES string of the molecule is CC(O)C(=O)Nc1cnn(-c2ccccc2)c1. The van der Waals surface area contributed by atoms with Crippen LogP contribution >= 0.6 is 0 Å². The minimum atomic E-state index is -1.03. The van der Waals surface area contributed by atoms with Crippen molar-refractivity contribution in [1.82, 2.24) is 9.78 Å². The largest absolute Gasteiger partial charge is 0.384 e. The number of carbonyl (C=O) groups excluding carboxylic acids is 1. The lowest BCUT2D eigenvalue weighted by atomic mass is 10.3. The Labute approximate surface area is 98.7 Å². The minimum absolute atomic E-state index is 0.447. The number of aromatic nitrogens is 2. The maximum Gasteiger partial charge on any atom is 0.253 e. The normalized spacial score (nSPS) is 12.1. The number of carbonyl (C=O) groups is 1. The Kier molecular flexibility index (Phi) is 3.20. The fraction of sp³-hybridized carbons (Fsp3) is 0.167. The van der Waals surface area contributed by atoms with E-state index in [1.54, 1.807) is 10.9 Å². The van der Waals surface area contributed by atoms with Crippen molar-refractivity contribution in [2.24, 2.45) is 0 Å². The van der Waals surface area contributed by atoms with E-state index in [0.29, 0.717) is 5.69 Å². The highest BCUT2D eigenvalue weighted by atomic mass is 16.3. The minimum Gasteiger partial charge on any atom is -0.384 e. The van der Waals surface area contributed by atoms with Crippen LogP contribution in [0.5, 0.6) is 0 Å². The summed E-state index contributed by atoms with van der Waals surface area (Å²) in [6.07, 6.45) is 2.19. The average Bonchev–Trinajstić information content (AvgIpc) is 2.78. The van der Waals surface area contributed by atoms with Gasteiger partial charge in [0, 0.05) is 0 Å². The second-order valence-corrected chi connectivity index (χ2v) is 3.67. The van der Waals surface area contributed by atoms with Crippen LogP contribution in [-0.4, -0.2) is 26.9 Å². The van der Waals surface area contributed by atoms with Crippen molar-refractivity contribution >= 4 is 11.6 Å². The third-order valence-corrected chi connectivity index (χ3v) is 2.25. The third kappa shape index (κ3) is 2.70. The number of amides is 1. The molecule has 0 aliphatic carbocycles. The van der Waals surface area contributed by atoms with E-state index >= 15 is 0 Å². The van der Waals surface area contributed by atoms with Gasteiger partial charge in [-0.25, -0.2) is 4.68 Å². The Hall–Kier alpha value is -2.14. The van der Waals surface area contributed by atoms with Crippen molar-refractivity contribution < 1.29 is 9.90 Å². The van der Waals surface area contributed by atoms with Crippen molar-refractivity contribution in [3.63, 3.8) is 0 Å². The van der Waals surface area contributed by atoms with Crippen LogP contribution in [-0.2, 0) is 4.79 Å². The van der Waals surface area contributed by atoms with Gasteiger partial charge in [0.1, 0.15) is 6.10 Å². The fourth-order valence-corrected chi connectivity index (χ4v) is 1.36. The monoisotopic (exact) mass is 231 g/mol. The molecular weight excluding hydrogens is 218 g/mol. The summed E-state index contributed by atoms with van der Waals surface area (Å²) in [5, 5.41) is 15.7. The Balaban J connectivity index is 2.14. The molecular formula is C12H13N3O2. The van der Waals surface area contributed by atoms with Crippen molar-refractivity contribution in [2.45, 2.75) is 13.0 Å². The van der Waals surface area contributed by atoms with Crippen LogP contribution in [0, 0.1) is 0 Å². The van der Waals surface area contributed by atoms with Crippen LogP contribution in [0.1, 0.15) is 6.92 Å². The van der Waals surface area contributed by atoms with E-state index in [9.17, 15) is 4.79 Å². The highest BCUT2D eigenvalue weighted by molar-refractivity contribution is 5.93. The van der Waals surface area contributed by atoms with Gasteiger partial charge in [-0.2, -0.15) is 5.10 Å². The van der Waals surface area contributed by atoms with Gasteiger partial charge in [-0.1, -0.05) is 18.2 Å². The van der Waals surface area contributed by atoms with Gasteiger partial charge < -0.3 is 10.4 Å². The lowest BCUT2D eigenvalue weighted by Crippen LogP contribution is -2.24. The van der Waals surface area contributed by atoms with Crippen molar-refractivity contribution in [1.29, 1.82) is 0 Å². The fourth-order valence-electron chi connectivity index (χ4n) is 1.36. The third-order valence-electron chi connectivity index (χ3n) is 2.25. The summed E-state index contributed by atoms with van der Waals surface area (Å²) in [5.41, 5.74) is 1.46. The van der Waals surface area contributed by atoms with E-state index in [1.165, 1.54) is 13.1 Å². The maximum absolute atomic E-state index is 11.3. The van der Waals surface area contributed by atoms with Gasteiger partial charge in [0.2, 0.25) is 0 Å². The number of aliphatic hydroxyl groups is 1. The smallest absolute Gasteiger partial charge is 0.253 e. The molecule has 0 aliphatic heterocycles. The molecule has 2 aromatic rings. The molecule has 2 rings (SSSR count). The molecule has 17 heavy (non-hydrogen) atoms. The van der Waals surface area contributed by atoms with Crippen molar-refractivity contribution in [3.8, 4) is 5.69 Å². The molecule has 2 N–H and O–H groups in total. The van der Waals surface area contributed by atoms with E-state index in [1.807, 2.05) is 30.3 Å². The van der Waals surface area contributed by atoms with E-state index in [2.05, 4.69) is 10.4 Å². The summed E-state index contributed by atoms with van der Waals surface area (Å²) < 4.78 is 1.65. The molecule has 1 aromatic heterocycles. The number of rotatable bonds is 3. The predicted molar refractivity (Wildman–Crippen MR) is 63.9 cm³/mol. The molecule has 0 spiro atoms. The molecule has 0 bridgehead atoms. The van der Waals surface area contributed by atoms with Crippen LogP contribution in [0.3, 0.4) is 0 Å². The molecule has 0 fully saturated rings. The van der Waals surface area contributed by atoms with E-state index in [-0.39, 0.29) is 0 Å². The molecule has 1 heterocycles. The Morgan fingerprint density at radius 1 is 1.41 bits per heavy atom. The first kappa shape index (κ1) is 11.3. The molecule has 1 unspecified atom stereocenters. The summed E-state index contributed by atoms with van der Waals surface area (Å²) >= 11 is 0. The topological polar surface area (TPSA) is 67.2 Å². The first-order chi connectivity index (χ1) is 8.16. The quantitative estimate of drug-likeness (QED) is 0.833. The van der Waals surface area contributed by atoms with Gasteiger partial charge in [0.15, 0.2) is 0 Å². The Morgan fingerprint density at radius 3 is 2.76 bits per heavy atom. The van der Waals surface area contributed by atoms with Gasteiger partial charge >= 0.3 is 0 Å². The molecule has 0 saturated heterocycles. The number of benzene rings is 1. The Morgan fingerprint density at radius 2 is 2.12 bits per heavy atom. The molecule has 1 atom stereocenters. The maximum atomic E-state index is 11.3. The first-order valence-corrected chi connectivity index (χ1v) is 5.26. The summed E-state index contributed by atoms with van der Waals surface area (Å²) in [6.45, 7) is 1.41. The van der Waals surface area contributed by atoms with Crippen LogP contribution in [0.25, 0.3) is 5.69 Å². The number of hydrogen-bond acceptors (Lipinski definition) is 3. The first-order valence-electron chi connectivity index (χ1n) is 5.26. The summed E-state index contributed by atoms with van der Waals surface area (Å²) in [6, 6.07) is 9.56. The zero-order valence-electron chi connectivity index (χ0n) is 9.37. The molecule has 0 saturated carbocycles. The predicted octanol–water partition coefficient (Wildman–Crippen LogP) is 1.19. The molecule has 0 radical (unpaired) electrons. The molecule has 5 heteroatoms. The summed E-state index contributed by atoms with van der Waals surface area (Å²) in [5.74, 6) is -0.447. The highest BCUT2D eigenvalue weighted by Gasteiger charge is 2.10. The number of nitrogens with zero attached hydrogens (tertiary/aromatic N) is 2. The number of hydrogen-bond donors (Lipinski definition) is 2. The van der Waals surface area contributed by atoms with Crippen molar-refractivity contribution in [3.05, 3.63) is 42.7 Å². The summed E-state index contributed by atoms with van der Waals surface area (Å²) in [4.78, 5) is 11.3. The van der Waals surface area contributed by atoms with Crippen LogP contribution in [0.4, 0.5) is 5.69 Å². The second-order valence-electron chi connectivity index (χ2n) is 3.67. The number of para-hydroxylation sites is 1. The summed E-state index contributed by atoms with van der Waals surface area (Å²) in [7, 11) is 0. The second kappa shape index (κ2) is 4.80. The molecule has 1 aromatic carbocycles.